The van der Waals surface area contributed by atoms with Crippen molar-refractivity contribution in [2.24, 2.45) is 0 Å². The fourth-order valence-corrected chi connectivity index (χ4v) is 7.94. The van der Waals surface area contributed by atoms with Crippen LogP contribution in [0.5, 0.6) is 0 Å². The summed E-state index contributed by atoms with van der Waals surface area (Å²) in [6.45, 7) is 6.62. The number of esters is 3. The first-order valence-electron chi connectivity index (χ1n) is 27.5. The molecule has 0 aromatic heterocycles. The first-order chi connectivity index (χ1) is 31.0. The van der Waals surface area contributed by atoms with Gasteiger partial charge in [-0.25, -0.2) is 0 Å². The summed E-state index contributed by atoms with van der Waals surface area (Å²) in [5, 5.41) is 0. The SMILES string of the molecule is CCCCC/C=C\C/C=C\CCCCCCCC(=O)OC[C@@H](COC(=O)CCCCCCCCC/C=C\CCCCCC)OC(=O)CCCCCCCCCCCCCCCCC. The average molecular weight is 885 g/mol. The van der Waals surface area contributed by atoms with Gasteiger partial charge < -0.3 is 14.2 Å². The Morgan fingerprint density at radius 2 is 0.571 bits per heavy atom. The lowest BCUT2D eigenvalue weighted by Crippen LogP contribution is -2.30. The van der Waals surface area contributed by atoms with Crippen molar-refractivity contribution < 1.29 is 28.6 Å². The number of hydrogen-bond acceptors (Lipinski definition) is 6. The van der Waals surface area contributed by atoms with Gasteiger partial charge in [-0.15, -0.1) is 0 Å². The standard InChI is InChI=1S/C57H104O6/c1-4-7-10-13-16-19-22-25-28-31-34-37-40-43-46-49-55(58)61-52-54(63-57(60)51-48-45-42-39-36-33-30-27-24-21-18-15-12-9-6-3)53-62-56(59)50-47-44-41-38-35-32-29-26-23-20-17-14-11-8-5-2/h16,19-20,23,25,28,54H,4-15,17-18,21-22,24,26-27,29-53H2,1-3H3/b19-16-,23-20-,28-25-/t54-/m0/s1. The second-order valence-corrected chi connectivity index (χ2v) is 18.5. The third-order valence-corrected chi connectivity index (χ3v) is 12.1. The summed E-state index contributed by atoms with van der Waals surface area (Å²) >= 11 is 0. The third kappa shape index (κ3) is 50.5. The molecular formula is C57H104O6. The molecule has 6 heteroatoms. The summed E-state index contributed by atoms with van der Waals surface area (Å²) < 4.78 is 16.8. The normalized spacial score (nSPS) is 12.2. The number of rotatable bonds is 50. The maximum atomic E-state index is 12.8. The molecule has 0 unspecified atom stereocenters. The van der Waals surface area contributed by atoms with E-state index in [9.17, 15) is 14.4 Å². The van der Waals surface area contributed by atoms with E-state index in [1.54, 1.807) is 0 Å². The van der Waals surface area contributed by atoms with E-state index in [0.717, 1.165) is 77.0 Å². The minimum Gasteiger partial charge on any atom is -0.462 e. The Hall–Kier alpha value is -2.37. The van der Waals surface area contributed by atoms with Crippen molar-refractivity contribution in [2.45, 2.75) is 297 Å². The van der Waals surface area contributed by atoms with E-state index < -0.39 is 6.10 Å². The van der Waals surface area contributed by atoms with Gasteiger partial charge in [-0.05, 0) is 77.0 Å². The van der Waals surface area contributed by atoms with E-state index in [0.29, 0.717) is 19.3 Å². The Labute approximate surface area is 391 Å². The van der Waals surface area contributed by atoms with Gasteiger partial charge in [-0.1, -0.05) is 231 Å². The summed E-state index contributed by atoms with van der Waals surface area (Å²) in [5.74, 6) is -0.880. The van der Waals surface area contributed by atoms with Gasteiger partial charge in [0.15, 0.2) is 6.10 Å². The molecule has 0 saturated heterocycles. The first-order valence-corrected chi connectivity index (χ1v) is 27.5. The quantitative estimate of drug-likeness (QED) is 0.0262. The van der Waals surface area contributed by atoms with Crippen LogP contribution < -0.4 is 0 Å². The first kappa shape index (κ1) is 60.6. The van der Waals surface area contributed by atoms with Gasteiger partial charge in [-0.3, -0.25) is 14.4 Å². The number of hydrogen-bond donors (Lipinski definition) is 0. The van der Waals surface area contributed by atoms with Crippen molar-refractivity contribution in [2.75, 3.05) is 13.2 Å². The minimum atomic E-state index is -0.776. The van der Waals surface area contributed by atoms with Crippen molar-refractivity contribution in [1.82, 2.24) is 0 Å². The molecule has 0 saturated carbocycles. The molecule has 0 fully saturated rings. The molecule has 368 valence electrons. The molecule has 0 spiro atoms. The Morgan fingerprint density at radius 3 is 0.937 bits per heavy atom. The number of ether oxygens (including phenoxy) is 3. The van der Waals surface area contributed by atoms with Crippen molar-refractivity contribution in [1.29, 1.82) is 0 Å². The molecule has 0 aliphatic carbocycles. The van der Waals surface area contributed by atoms with Gasteiger partial charge in [0, 0.05) is 19.3 Å². The van der Waals surface area contributed by atoms with Crippen LogP contribution in [0.15, 0.2) is 36.5 Å². The molecule has 63 heavy (non-hydrogen) atoms. The van der Waals surface area contributed by atoms with Crippen LogP contribution in [0.3, 0.4) is 0 Å². The molecule has 0 rings (SSSR count). The molecule has 0 aliphatic heterocycles. The summed E-state index contributed by atoms with van der Waals surface area (Å²) in [5.41, 5.74) is 0. The molecule has 0 bridgehead atoms. The molecule has 0 aliphatic rings. The number of carbonyl (C=O) groups is 3. The maximum absolute atomic E-state index is 12.8. The Bertz CT molecular complexity index is 1060. The highest BCUT2D eigenvalue weighted by atomic mass is 16.6. The lowest BCUT2D eigenvalue weighted by molar-refractivity contribution is -0.167. The zero-order valence-electron chi connectivity index (χ0n) is 42.1. The third-order valence-electron chi connectivity index (χ3n) is 12.1. The van der Waals surface area contributed by atoms with E-state index in [-0.39, 0.29) is 31.1 Å². The average Bonchev–Trinajstić information content (AvgIpc) is 3.28. The van der Waals surface area contributed by atoms with Gasteiger partial charge >= 0.3 is 17.9 Å². The molecule has 0 amide bonds. The topological polar surface area (TPSA) is 78.9 Å². The summed E-state index contributed by atoms with van der Waals surface area (Å²) in [7, 11) is 0. The number of allylic oxidation sites excluding steroid dienone is 6. The summed E-state index contributed by atoms with van der Waals surface area (Å²) in [4.78, 5) is 38.1. The van der Waals surface area contributed by atoms with Crippen LogP contribution in [0.1, 0.15) is 290 Å². The smallest absolute Gasteiger partial charge is 0.306 e. The van der Waals surface area contributed by atoms with Gasteiger partial charge in [0.25, 0.3) is 0 Å². The van der Waals surface area contributed by atoms with Crippen LogP contribution in [-0.2, 0) is 28.6 Å². The van der Waals surface area contributed by atoms with Gasteiger partial charge in [0.1, 0.15) is 13.2 Å². The van der Waals surface area contributed by atoms with E-state index >= 15 is 0 Å². The van der Waals surface area contributed by atoms with Crippen molar-refractivity contribution in [3.05, 3.63) is 36.5 Å². The van der Waals surface area contributed by atoms with Gasteiger partial charge in [0.2, 0.25) is 0 Å². The number of unbranched alkanes of at least 4 members (excludes halogenated alkanes) is 33. The van der Waals surface area contributed by atoms with Crippen LogP contribution in [0.25, 0.3) is 0 Å². The molecule has 6 nitrogen and oxygen atoms in total. The zero-order chi connectivity index (χ0) is 45.8. The van der Waals surface area contributed by atoms with Crippen LogP contribution in [-0.4, -0.2) is 37.2 Å². The van der Waals surface area contributed by atoms with Crippen molar-refractivity contribution >= 4 is 17.9 Å². The van der Waals surface area contributed by atoms with Crippen LogP contribution in [0, 0.1) is 0 Å². The highest BCUT2D eigenvalue weighted by Crippen LogP contribution is 2.16. The summed E-state index contributed by atoms with van der Waals surface area (Å²) in [6, 6.07) is 0. The molecule has 0 heterocycles. The predicted octanol–water partition coefficient (Wildman–Crippen LogP) is 18.1. The minimum absolute atomic E-state index is 0.0758. The highest BCUT2D eigenvalue weighted by Gasteiger charge is 2.19. The zero-order valence-corrected chi connectivity index (χ0v) is 42.1. The number of carbonyl (C=O) groups excluding carboxylic acids is 3. The van der Waals surface area contributed by atoms with Gasteiger partial charge in [-0.2, -0.15) is 0 Å². The van der Waals surface area contributed by atoms with Crippen LogP contribution in [0.2, 0.25) is 0 Å². The Kier molecular flexibility index (Phi) is 50.3. The molecule has 0 radical (unpaired) electrons. The fraction of sp³-hybridized carbons (Fsp3) is 0.842. The largest absolute Gasteiger partial charge is 0.462 e. The second kappa shape index (κ2) is 52.3. The van der Waals surface area contributed by atoms with E-state index in [1.165, 1.54) is 173 Å². The maximum Gasteiger partial charge on any atom is 0.306 e. The molecule has 0 N–H and O–H groups in total. The van der Waals surface area contributed by atoms with E-state index in [1.807, 2.05) is 0 Å². The highest BCUT2D eigenvalue weighted by molar-refractivity contribution is 5.71. The Morgan fingerprint density at radius 1 is 0.317 bits per heavy atom. The fourth-order valence-electron chi connectivity index (χ4n) is 7.94. The van der Waals surface area contributed by atoms with Gasteiger partial charge in [0.05, 0.1) is 0 Å². The molecular weight excluding hydrogens is 781 g/mol. The second-order valence-electron chi connectivity index (χ2n) is 18.5. The lowest BCUT2D eigenvalue weighted by Gasteiger charge is -2.18. The molecule has 0 aromatic carbocycles. The molecule has 1 atom stereocenters. The summed E-state index contributed by atoms with van der Waals surface area (Å²) in [6.07, 6.45) is 61.2. The van der Waals surface area contributed by atoms with Crippen molar-refractivity contribution in [3.8, 4) is 0 Å². The van der Waals surface area contributed by atoms with Crippen LogP contribution >= 0.6 is 0 Å². The molecule has 0 aromatic rings. The monoisotopic (exact) mass is 885 g/mol. The predicted molar refractivity (Wildman–Crippen MR) is 270 cm³/mol. The Balaban J connectivity index is 4.37. The van der Waals surface area contributed by atoms with Crippen LogP contribution in [0.4, 0.5) is 0 Å². The van der Waals surface area contributed by atoms with E-state index in [4.69, 9.17) is 14.2 Å². The van der Waals surface area contributed by atoms with E-state index in [2.05, 4.69) is 57.2 Å². The lowest BCUT2D eigenvalue weighted by atomic mass is 10.0. The van der Waals surface area contributed by atoms with Crippen molar-refractivity contribution in [3.63, 3.8) is 0 Å².